The third-order valence-electron chi connectivity index (χ3n) is 6.65. The quantitative estimate of drug-likeness (QED) is 0.396. The van der Waals surface area contributed by atoms with E-state index in [-0.39, 0.29) is 29.7 Å². The fourth-order valence-electron chi connectivity index (χ4n) is 5.16. The molecule has 2 fully saturated rings. The summed E-state index contributed by atoms with van der Waals surface area (Å²) in [7, 11) is 0. The van der Waals surface area contributed by atoms with Crippen molar-refractivity contribution in [1.29, 1.82) is 0 Å². The molecule has 0 spiro atoms. The van der Waals surface area contributed by atoms with Gasteiger partial charge in [-0.2, -0.15) is 0 Å². The number of carbonyl (C=O) groups is 1. The van der Waals surface area contributed by atoms with Gasteiger partial charge in [0.25, 0.3) is 0 Å². The van der Waals surface area contributed by atoms with Gasteiger partial charge in [-0.05, 0) is 50.5 Å². The van der Waals surface area contributed by atoms with Crippen LogP contribution >= 0.6 is 0 Å². The van der Waals surface area contributed by atoms with Gasteiger partial charge < -0.3 is 24.2 Å². The fraction of sp³-hybridized carbons (Fsp3) is 0.519. The Kier molecular flexibility index (Phi) is 8.49. The Balaban J connectivity index is 1.72. The van der Waals surface area contributed by atoms with E-state index in [4.69, 9.17) is 14.2 Å². The van der Waals surface area contributed by atoms with Crippen molar-refractivity contribution < 1.29 is 24.1 Å². The molecule has 35 heavy (non-hydrogen) atoms. The first-order valence-electron chi connectivity index (χ1n) is 12.7. The molecule has 4 atom stereocenters. The van der Waals surface area contributed by atoms with Crippen molar-refractivity contribution in [3.8, 4) is 17.2 Å². The molecule has 1 amide bonds. The highest BCUT2D eigenvalue weighted by Crippen LogP contribution is 2.49. The van der Waals surface area contributed by atoms with E-state index in [0.717, 1.165) is 24.0 Å². The maximum absolute atomic E-state index is 13.6. The van der Waals surface area contributed by atoms with Gasteiger partial charge in [0.1, 0.15) is 11.8 Å². The molecule has 2 saturated heterocycles. The molecule has 2 heterocycles. The SMILES string of the molecule is CCCOc1ccc(C2C3C(NNC3c3ccccc3O)C(=O)N2CCCOCC)cc1OCC. The normalized spacial score (nSPS) is 23.5. The van der Waals surface area contributed by atoms with E-state index in [0.29, 0.717) is 44.5 Å². The van der Waals surface area contributed by atoms with Crippen LogP contribution in [0.5, 0.6) is 17.2 Å². The smallest absolute Gasteiger partial charge is 0.242 e. The predicted octanol–water partition coefficient (Wildman–Crippen LogP) is 3.72. The molecule has 8 nitrogen and oxygen atoms in total. The second kappa shape index (κ2) is 11.7. The minimum Gasteiger partial charge on any atom is -0.508 e. The average Bonchev–Trinajstić information content (AvgIpc) is 3.40. The third kappa shape index (κ3) is 5.24. The summed E-state index contributed by atoms with van der Waals surface area (Å²) in [6.45, 7) is 8.96. The topological polar surface area (TPSA) is 92.3 Å². The zero-order chi connectivity index (χ0) is 24.8. The van der Waals surface area contributed by atoms with Crippen molar-refractivity contribution in [2.75, 3.05) is 33.0 Å². The highest BCUT2D eigenvalue weighted by Gasteiger charge is 2.55. The van der Waals surface area contributed by atoms with Gasteiger partial charge in [-0.3, -0.25) is 4.79 Å². The Labute approximate surface area is 207 Å². The number of hydrogen-bond donors (Lipinski definition) is 3. The van der Waals surface area contributed by atoms with Gasteiger partial charge in [-0.25, -0.2) is 10.9 Å². The number of rotatable bonds is 12. The van der Waals surface area contributed by atoms with Crippen molar-refractivity contribution in [2.45, 2.75) is 51.7 Å². The molecule has 3 N–H and O–H groups in total. The highest BCUT2D eigenvalue weighted by molar-refractivity contribution is 5.86. The summed E-state index contributed by atoms with van der Waals surface area (Å²) in [5, 5.41) is 10.6. The molecular formula is C27H37N3O5. The zero-order valence-corrected chi connectivity index (χ0v) is 20.8. The van der Waals surface area contributed by atoms with Gasteiger partial charge in [0.15, 0.2) is 11.5 Å². The number of likely N-dealkylation sites (tertiary alicyclic amines) is 1. The fourth-order valence-corrected chi connectivity index (χ4v) is 5.16. The van der Waals surface area contributed by atoms with Crippen molar-refractivity contribution in [1.82, 2.24) is 15.8 Å². The molecule has 4 rings (SSSR count). The number of ether oxygens (including phenoxy) is 3. The van der Waals surface area contributed by atoms with Gasteiger partial charge in [0.2, 0.25) is 5.91 Å². The van der Waals surface area contributed by atoms with E-state index >= 15 is 0 Å². The molecule has 2 aromatic rings. The first-order chi connectivity index (χ1) is 17.1. The van der Waals surface area contributed by atoms with E-state index < -0.39 is 6.04 Å². The number of fused-ring (bicyclic) bond motifs is 1. The summed E-state index contributed by atoms with van der Waals surface area (Å²) in [6.07, 6.45) is 1.65. The lowest BCUT2D eigenvalue weighted by Gasteiger charge is -2.32. The van der Waals surface area contributed by atoms with E-state index in [1.54, 1.807) is 12.1 Å². The lowest BCUT2D eigenvalue weighted by atomic mass is 9.83. The lowest BCUT2D eigenvalue weighted by molar-refractivity contribution is -0.131. The first-order valence-corrected chi connectivity index (χ1v) is 12.7. The molecule has 0 saturated carbocycles. The van der Waals surface area contributed by atoms with Crippen LogP contribution in [-0.2, 0) is 9.53 Å². The summed E-state index contributed by atoms with van der Waals surface area (Å²) in [5.41, 5.74) is 8.26. The van der Waals surface area contributed by atoms with Gasteiger partial charge >= 0.3 is 0 Å². The first kappa shape index (κ1) is 25.3. The minimum atomic E-state index is -0.400. The molecule has 8 heteroatoms. The molecule has 2 aliphatic heterocycles. The third-order valence-corrected chi connectivity index (χ3v) is 6.65. The number of nitrogens with one attached hydrogen (secondary N) is 2. The second-order valence-electron chi connectivity index (χ2n) is 8.89. The Morgan fingerprint density at radius 1 is 0.943 bits per heavy atom. The van der Waals surface area contributed by atoms with Crippen molar-refractivity contribution in [2.24, 2.45) is 5.92 Å². The number of carbonyl (C=O) groups excluding carboxylic acids is 1. The standard InChI is InChI=1S/C27H37N3O5/c1-4-15-35-21-13-12-18(17-22(21)34-6-3)26-23-24(19-10-7-8-11-20(19)31)28-29-25(23)27(32)30(26)14-9-16-33-5-2/h7-8,10-13,17,23-26,28-29,31H,4-6,9,14-16H2,1-3H3. The summed E-state index contributed by atoms with van der Waals surface area (Å²) in [5.74, 6) is 1.53. The largest absolute Gasteiger partial charge is 0.508 e. The number of para-hydroxylation sites is 1. The molecule has 2 aliphatic rings. The maximum Gasteiger partial charge on any atom is 0.242 e. The number of benzene rings is 2. The molecule has 0 aromatic heterocycles. The van der Waals surface area contributed by atoms with Crippen LogP contribution in [0.4, 0.5) is 0 Å². The van der Waals surface area contributed by atoms with Crippen LogP contribution in [0.1, 0.15) is 56.8 Å². The van der Waals surface area contributed by atoms with Gasteiger partial charge in [-0.1, -0.05) is 31.2 Å². The molecule has 0 bridgehead atoms. The number of phenols is 1. The van der Waals surface area contributed by atoms with Crippen LogP contribution in [0.3, 0.4) is 0 Å². The number of amides is 1. The van der Waals surface area contributed by atoms with E-state index in [1.807, 2.05) is 49.1 Å². The number of hydrazine groups is 1. The zero-order valence-electron chi connectivity index (χ0n) is 20.8. The molecule has 0 radical (unpaired) electrons. The summed E-state index contributed by atoms with van der Waals surface area (Å²) < 4.78 is 17.4. The Hall–Kier alpha value is -2.81. The van der Waals surface area contributed by atoms with Crippen LogP contribution < -0.4 is 20.3 Å². The van der Waals surface area contributed by atoms with Crippen molar-refractivity contribution >= 4 is 5.91 Å². The van der Waals surface area contributed by atoms with Crippen LogP contribution in [0.15, 0.2) is 42.5 Å². The van der Waals surface area contributed by atoms with Crippen molar-refractivity contribution in [3.63, 3.8) is 0 Å². The summed E-state index contributed by atoms with van der Waals surface area (Å²) in [4.78, 5) is 15.5. The van der Waals surface area contributed by atoms with Gasteiger partial charge in [0.05, 0.1) is 25.3 Å². The van der Waals surface area contributed by atoms with E-state index in [2.05, 4.69) is 17.8 Å². The molecule has 2 aromatic carbocycles. The van der Waals surface area contributed by atoms with Crippen LogP contribution in [0.2, 0.25) is 0 Å². The van der Waals surface area contributed by atoms with Crippen molar-refractivity contribution in [3.05, 3.63) is 53.6 Å². The monoisotopic (exact) mass is 483 g/mol. The van der Waals surface area contributed by atoms with Crippen LogP contribution in [0, 0.1) is 5.92 Å². The van der Waals surface area contributed by atoms with Crippen LogP contribution in [-0.4, -0.2) is 54.9 Å². The molecule has 190 valence electrons. The van der Waals surface area contributed by atoms with E-state index in [9.17, 15) is 9.90 Å². The number of hydrogen-bond acceptors (Lipinski definition) is 7. The summed E-state index contributed by atoms with van der Waals surface area (Å²) in [6, 6.07) is 12.4. The maximum atomic E-state index is 13.6. The number of nitrogens with zero attached hydrogens (tertiary/aromatic N) is 1. The number of phenolic OH excluding ortho intramolecular Hbond substituents is 1. The summed E-state index contributed by atoms with van der Waals surface area (Å²) >= 11 is 0. The Morgan fingerprint density at radius 2 is 1.74 bits per heavy atom. The predicted molar refractivity (Wildman–Crippen MR) is 133 cm³/mol. The van der Waals surface area contributed by atoms with E-state index in [1.165, 1.54) is 0 Å². The Morgan fingerprint density at radius 3 is 2.49 bits per heavy atom. The molecule has 0 aliphatic carbocycles. The lowest BCUT2D eigenvalue weighted by Crippen LogP contribution is -2.41. The number of aromatic hydroxyl groups is 1. The highest BCUT2D eigenvalue weighted by atomic mass is 16.5. The second-order valence-corrected chi connectivity index (χ2v) is 8.89. The van der Waals surface area contributed by atoms with Gasteiger partial charge in [-0.15, -0.1) is 0 Å². The van der Waals surface area contributed by atoms with Gasteiger partial charge in [0, 0.05) is 31.2 Å². The average molecular weight is 484 g/mol. The van der Waals surface area contributed by atoms with Crippen LogP contribution in [0.25, 0.3) is 0 Å². The Bertz CT molecular complexity index is 1000. The molecule has 4 unspecified atom stereocenters. The minimum absolute atomic E-state index is 0.0474. The molecular weight excluding hydrogens is 446 g/mol.